The van der Waals surface area contributed by atoms with Crippen LogP contribution in [0.5, 0.6) is 0 Å². The Hall–Kier alpha value is -2.80. The zero-order valence-electron chi connectivity index (χ0n) is 17.3. The van der Waals surface area contributed by atoms with Gasteiger partial charge in [-0.1, -0.05) is 54.9 Å². The van der Waals surface area contributed by atoms with Crippen molar-refractivity contribution in [3.05, 3.63) is 54.6 Å². The van der Waals surface area contributed by atoms with Crippen molar-refractivity contribution in [2.75, 3.05) is 29.1 Å². The smallest absolute Gasteiger partial charge is 0.234 e. The van der Waals surface area contributed by atoms with Gasteiger partial charge in [-0.05, 0) is 37.1 Å². The maximum atomic E-state index is 12.4. The van der Waals surface area contributed by atoms with Crippen LogP contribution in [0.1, 0.15) is 25.7 Å². The number of amides is 1. The van der Waals surface area contributed by atoms with Gasteiger partial charge in [0.15, 0.2) is 11.0 Å². The predicted molar refractivity (Wildman–Crippen MR) is 123 cm³/mol. The van der Waals surface area contributed by atoms with Gasteiger partial charge in [-0.3, -0.25) is 4.79 Å². The molecule has 156 valence electrons. The van der Waals surface area contributed by atoms with Crippen LogP contribution in [0.2, 0.25) is 0 Å². The topological polar surface area (TPSA) is 63.1 Å². The van der Waals surface area contributed by atoms with E-state index in [2.05, 4.69) is 32.5 Å². The summed E-state index contributed by atoms with van der Waals surface area (Å²) >= 11 is 1.39. The van der Waals surface area contributed by atoms with E-state index in [1.807, 2.05) is 54.1 Å². The van der Waals surface area contributed by atoms with Crippen molar-refractivity contribution in [1.29, 1.82) is 0 Å². The third-order valence-electron chi connectivity index (χ3n) is 5.32. The summed E-state index contributed by atoms with van der Waals surface area (Å²) in [4.78, 5) is 14.8. The molecule has 0 unspecified atom stereocenters. The first kappa shape index (κ1) is 20.5. The first-order valence-corrected chi connectivity index (χ1v) is 11.4. The number of benzene rings is 2. The van der Waals surface area contributed by atoms with Crippen LogP contribution in [0.3, 0.4) is 0 Å². The highest BCUT2D eigenvalue weighted by Crippen LogP contribution is 2.24. The average Bonchev–Trinajstić information content (AvgIpc) is 2.96. The van der Waals surface area contributed by atoms with Crippen molar-refractivity contribution >= 4 is 29.0 Å². The van der Waals surface area contributed by atoms with Crippen LogP contribution in [-0.2, 0) is 11.8 Å². The highest BCUT2D eigenvalue weighted by molar-refractivity contribution is 7.99. The van der Waals surface area contributed by atoms with Crippen molar-refractivity contribution in [2.24, 2.45) is 7.05 Å². The Labute approximate surface area is 181 Å². The van der Waals surface area contributed by atoms with E-state index in [0.29, 0.717) is 0 Å². The SMILES string of the molecule is Cn1c(SCC(=O)Nc2ccc(N3CCCCCC3)cc2)nnc1-c1ccccc1. The molecular formula is C23H27N5OS. The van der Waals surface area contributed by atoms with Crippen LogP contribution in [0.25, 0.3) is 11.4 Å². The molecule has 0 bridgehead atoms. The van der Waals surface area contributed by atoms with Crippen LogP contribution in [0.4, 0.5) is 11.4 Å². The summed E-state index contributed by atoms with van der Waals surface area (Å²) in [7, 11) is 1.92. The lowest BCUT2D eigenvalue weighted by molar-refractivity contribution is -0.113. The number of nitrogens with one attached hydrogen (secondary N) is 1. The van der Waals surface area contributed by atoms with Crippen LogP contribution >= 0.6 is 11.8 Å². The molecule has 4 rings (SSSR count). The molecule has 2 heterocycles. The molecule has 6 nitrogen and oxygen atoms in total. The van der Waals surface area contributed by atoms with Crippen molar-refractivity contribution in [1.82, 2.24) is 14.8 Å². The van der Waals surface area contributed by atoms with E-state index in [4.69, 9.17) is 0 Å². The standard InChI is InChI=1S/C23H27N5OS/c1-27-22(18-9-5-4-6-10-18)25-26-23(27)30-17-21(29)24-19-11-13-20(14-12-19)28-15-7-2-3-8-16-28/h4-6,9-14H,2-3,7-8,15-17H2,1H3,(H,24,29). The van der Waals surface area contributed by atoms with E-state index in [-0.39, 0.29) is 11.7 Å². The van der Waals surface area contributed by atoms with E-state index < -0.39 is 0 Å². The highest BCUT2D eigenvalue weighted by atomic mass is 32.2. The molecule has 0 atom stereocenters. The van der Waals surface area contributed by atoms with Gasteiger partial charge in [-0.15, -0.1) is 10.2 Å². The minimum atomic E-state index is -0.0493. The third-order valence-corrected chi connectivity index (χ3v) is 6.34. The Bertz CT molecular complexity index is 963. The normalized spacial score (nSPS) is 14.4. The summed E-state index contributed by atoms with van der Waals surface area (Å²) in [6.07, 6.45) is 5.15. The van der Waals surface area contributed by atoms with Gasteiger partial charge < -0.3 is 14.8 Å². The predicted octanol–water partition coefficient (Wildman–Crippen LogP) is 4.59. The summed E-state index contributed by atoms with van der Waals surface area (Å²) in [5, 5.41) is 12.2. The maximum Gasteiger partial charge on any atom is 0.234 e. The van der Waals surface area contributed by atoms with Gasteiger partial charge in [0.05, 0.1) is 5.75 Å². The number of hydrogen-bond acceptors (Lipinski definition) is 5. The van der Waals surface area contributed by atoms with Gasteiger partial charge in [-0.2, -0.15) is 0 Å². The molecule has 1 aromatic heterocycles. The van der Waals surface area contributed by atoms with Crippen molar-refractivity contribution in [3.8, 4) is 11.4 Å². The average molecular weight is 422 g/mol. The van der Waals surface area contributed by atoms with E-state index in [9.17, 15) is 4.79 Å². The van der Waals surface area contributed by atoms with E-state index in [0.717, 1.165) is 35.3 Å². The first-order valence-electron chi connectivity index (χ1n) is 10.4. The van der Waals surface area contributed by atoms with Crippen LogP contribution in [-0.4, -0.2) is 39.5 Å². The second kappa shape index (κ2) is 9.80. The number of aromatic nitrogens is 3. The lowest BCUT2D eigenvalue weighted by Crippen LogP contribution is -2.23. The second-order valence-electron chi connectivity index (χ2n) is 7.52. The van der Waals surface area contributed by atoms with Gasteiger partial charge in [0.2, 0.25) is 5.91 Å². The summed E-state index contributed by atoms with van der Waals surface area (Å²) in [6.45, 7) is 2.23. The second-order valence-corrected chi connectivity index (χ2v) is 8.46. The summed E-state index contributed by atoms with van der Waals surface area (Å²) < 4.78 is 1.92. The van der Waals surface area contributed by atoms with Crippen LogP contribution in [0, 0.1) is 0 Å². The Balaban J connectivity index is 1.31. The molecule has 0 aliphatic carbocycles. The molecule has 1 aliphatic rings. The van der Waals surface area contributed by atoms with Gasteiger partial charge in [-0.25, -0.2) is 0 Å². The Kier molecular flexibility index (Phi) is 6.69. The molecular weight excluding hydrogens is 394 g/mol. The van der Waals surface area contributed by atoms with Gasteiger partial charge in [0, 0.05) is 37.1 Å². The highest BCUT2D eigenvalue weighted by Gasteiger charge is 2.13. The quantitative estimate of drug-likeness (QED) is 0.590. The summed E-state index contributed by atoms with van der Waals surface area (Å²) in [5.74, 6) is 1.03. The summed E-state index contributed by atoms with van der Waals surface area (Å²) in [5.41, 5.74) is 3.06. The minimum Gasteiger partial charge on any atom is -0.372 e. The molecule has 1 amide bonds. The molecule has 1 N–H and O–H groups in total. The van der Waals surface area contributed by atoms with Crippen molar-refractivity contribution in [3.63, 3.8) is 0 Å². The van der Waals surface area contributed by atoms with E-state index >= 15 is 0 Å². The molecule has 1 saturated heterocycles. The monoisotopic (exact) mass is 421 g/mol. The number of rotatable bonds is 6. The number of carbonyl (C=O) groups excluding carboxylic acids is 1. The number of thioether (sulfide) groups is 1. The largest absolute Gasteiger partial charge is 0.372 e. The van der Waals surface area contributed by atoms with Crippen LogP contribution in [0.15, 0.2) is 59.8 Å². The zero-order chi connectivity index (χ0) is 20.8. The molecule has 0 radical (unpaired) electrons. The van der Waals surface area contributed by atoms with E-state index in [1.54, 1.807) is 0 Å². The third kappa shape index (κ3) is 5.02. The molecule has 1 fully saturated rings. The Morgan fingerprint density at radius 1 is 0.967 bits per heavy atom. The fourth-order valence-electron chi connectivity index (χ4n) is 3.69. The van der Waals surface area contributed by atoms with E-state index in [1.165, 1.54) is 43.1 Å². The molecule has 0 saturated carbocycles. The zero-order valence-corrected chi connectivity index (χ0v) is 18.1. The van der Waals surface area contributed by atoms with Crippen molar-refractivity contribution in [2.45, 2.75) is 30.8 Å². The Morgan fingerprint density at radius 2 is 1.67 bits per heavy atom. The number of anilines is 2. The molecule has 30 heavy (non-hydrogen) atoms. The lowest BCUT2D eigenvalue weighted by Gasteiger charge is -2.22. The van der Waals surface area contributed by atoms with Crippen LogP contribution < -0.4 is 10.2 Å². The van der Waals surface area contributed by atoms with Gasteiger partial charge in [0.1, 0.15) is 0 Å². The summed E-state index contributed by atoms with van der Waals surface area (Å²) in [6, 6.07) is 18.1. The Morgan fingerprint density at radius 3 is 2.37 bits per heavy atom. The molecule has 3 aromatic rings. The molecule has 0 spiro atoms. The van der Waals surface area contributed by atoms with Gasteiger partial charge in [0.25, 0.3) is 0 Å². The number of carbonyl (C=O) groups is 1. The maximum absolute atomic E-state index is 12.4. The fraction of sp³-hybridized carbons (Fsp3) is 0.348. The first-order chi connectivity index (χ1) is 14.7. The van der Waals surface area contributed by atoms with Crippen molar-refractivity contribution < 1.29 is 4.79 Å². The molecule has 7 heteroatoms. The molecule has 1 aliphatic heterocycles. The molecule has 2 aromatic carbocycles. The minimum absolute atomic E-state index is 0.0493. The van der Waals surface area contributed by atoms with Gasteiger partial charge >= 0.3 is 0 Å². The fourth-order valence-corrected chi connectivity index (χ4v) is 4.40. The lowest BCUT2D eigenvalue weighted by atomic mass is 10.2. The number of hydrogen-bond donors (Lipinski definition) is 1. The number of nitrogens with zero attached hydrogens (tertiary/aromatic N) is 4.